The van der Waals surface area contributed by atoms with Crippen molar-refractivity contribution in [1.82, 2.24) is 21.5 Å². The molecule has 0 aliphatic heterocycles. The summed E-state index contributed by atoms with van der Waals surface area (Å²) < 4.78 is 5.13. The van der Waals surface area contributed by atoms with Crippen LogP contribution in [-0.4, -0.2) is 35.4 Å². The van der Waals surface area contributed by atoms with Gasteiger partial charge in [0.05, 0.1) is 13.0 Å². The Morgan fingerprint density at radius 2 is 1.31 bits per heavy atom. The van der Waals surface area contributed by atoms with E-state index in [1.165, 1.54) is 5.56 Å². The lowest BCUT2D eigenvalue weighted by molar-refractivity contribution is -0.145. The number of carbonyl (C=O) groups excluding carboxylic acids is 4. The number of hydrazine groups is 1. The molecule has 10 heteroatoms. The lowest BCUT2D eigenvalue weighted by Gasteiger charge is -2.11. The van der Waals surface area contributed by atoms with E-state index in [0.717, 1.165) is 12.0 Å². The molecule has 0 atom stereocenters. The topological polar surface area (TPSA) is 126 Å². The highest BCUT2D eigenvalue weighted by Gasteiger charge is 2.11. The van der Waals surface area contributed by atoms with Crippen LogP contribution in [0, 0.1) is 0 Å². The Kier molecular flexibility index (Phi) is 12.5. The summed E-state index contributed by atoms with van der Waals surface area (Å²) in [6.45, 7) is 0.669. The summed E-state index contributed by atoms with van der Waals surface area (Å²) in [6.07, 6.45) is 1.27. The Balaban J connectivity index is 1.49. The number of benzene rings is 2. The van der Waals surface area contributed by atoms with Gasteiger partial charge in [0.15, 0.2) is 5.11 Å². The van der Waals surface area contributed by atoms with Gasteiger partial charge in [-0.25, -0.2) is 0 Å². The summed E-state index contributed by atoms with van der Waals surface area (Å²) in [5.74, 6) is -1.67. The number of amides is 3. The normalized spacial score (nSPS) is 10.1. The highest BCUT2D eigenvalue weighted by molar-refractivity contribution is 7.80. The first-order valence-electron chi connectivity index (χ1n) is 11.3. The van der Waals surface area contributed by atoms with Crippen molar-refractivity contribution in [3.05, 3.63) is 71.8 Å². The lowest BCUT2D eigenvalue weighted by Crippen LogP contribution is -2.48. The van der Waals surface area contributed by atoms with Gasteiger partial charge in [-0.3, -0.25) is 30.0 Å². The Hall–Kier alpha value is -3.79. The average Bonchev–Trinajstić information content (AvgIpc) is 2.87. The van der Waals surface area contributed by atoms with Crippen LogP contribution in [0.3, 0.4) is 0 Å². The first-order valence-corrected chi connectivity index (χ1v) is 11.7. The van der Waals surface area contributed by atoms with E-state index >= 15 is 0 Å². The minimum Gasteiger partial charge on any atom is -0.466 e. The molecule has 0 saturated heterocycles. The van der Waals surface area contributed by atoms with Gasteiger partial charge in [0.25, 0.3) is 0 Å². The summed E-state index contributed by atoms with van der Waals surface area (Å²) in [4.78, 5) is 47.4. The van der Waals surface area contributed by atoms with Crippen molar-refractivity contribution >= 4 is 41.0 Å². The SMILES string of the molecule is O=C(CCC(=O)NNC(=S)NC(=O)CCC(=O)OCCCc1ccccc1)NCc1ccccc1. The molecule has 35 heavy (non-hydrogen) atoms. The van der Waals surface area contributed by atoms with Crippen LogP contribution in [0.5, 0.6) is 0 Å². The van der Waals surface area contributed by atoms with Gasteiger partial charge in [0.1, 0.15) is 0 Å². The van der Waals surface area contributed by atoms with Crippen molar-refractivity contribution in [3.8, 4) is 0 Å². The van der Waals surface area contributed by atoms with Gasteiger partial charge in [0, 0.05) is 25.8 Å². The molecule has 2 aromatic carbocycles. The number of ether oxygens (including phenoxy) is 1. The van der Waals surface area contributed by atoms with E-state index in [0.29, 0.717) is 13.0 Å². The molecule has 0 radical (unpaired) electrons. The van der Waals surface area contributed by atoms with Gasteiger partial charge in [0.2, 0.25) is 17.7 Å². The summed E-state index contributed by atoms with van der Waals surface area (Å²) >= 11 is 4.94. The van der Waals surface area contributed by atoms with E-state index < -0.39 is 17.8 Å². The molecule has 186 valence electrons. The van der Waals surface area contributed by atoms with Crippen LogP contribution in [0.2, 0.25) is 0 Å². The molecule has 0 saturated carbocycles. The second kappa shape index (κ2) is 15.9. The minimum atomic E-state index is -0.488. The Morgan fingerprint density at radius 3 is 2.00 bits per heavy atom. The van der Waals surface area contributed by atoms with Crippen molar-refractivity contribution in [2.75, 3.05) is 6.61 Å². The predicted octanol–water partition coefficient (Wildman–Crippen LogP) is 2.06. The van der Waals surface area contributed by atoms with Crippen LogP contribution < -0.4 is 21.5 Å². The maximum absolute atomic E-state index is 11.9. The van der Waals surface area contributed by atoms with Gasteiger partial charge in [-0.1, -0.05) is 60.7 Å². The van der Waals surface area contributed by atoms with E-state index in [2.05, 4.69) is 21.5 Å². The van der Waals surface area contributed by atoms with Crippen molar-refractivity contribution < 1.29 is 23.9 Å². The van der Waals surface area contributed by atoms with Crippen molar-refractivity contribution in [1.29, 1.82) is 0 Å². The summed E-state index contributed by atoms with van der Waals surface area (Å²) in [5, 5.41) is 4.98. The molecule has 0 aromatic heterocycles. The lowest BCUT2D eigenvalue weighted by atomic mass is 10.1. The monoisotopic (exact) mass is 498 g/mol. The minimum absolute atomic E-state index is 0.00687. The number of hydrogen-bond donors (Lipinski definition) is 4. The fraction of sp³-hybridized carbons (Fsp3) is 0.320. The Bertz CT molecular complexity index is 986. The van der Waals surface area contributed by atoms with Crippen LogP contribution in [0.1, 0.15) is 43.2 Å². The number of aryl methyl sites for hydroxylation is 1. The third-order valence-electron chi connectivity index (χ3n) is 4.75. The van der Waals surface area contributed by atoms with Crippen molar-refractivity contribution in [3.63, 3.8) is 0 Å². The second-order valence-electron chi connectivity index (χ2n) is 7.62. The maximum atomic E-state index is 11.9. The van der Waals surface area contributed by atoms with Crippen LogP contribution >= 0.6 is 12.2 Å². The van der Waals surface area contributed by atoms with Crippen LogP contribution in [0.15, 0.2) is 60.7 Å². The second-order valence-corrected chi connectivity index (χ2v) is 8.03. The number of carbonyl (C=O) groups is 4. The van der Waals surface area contributed by atoms with Gasteiger partial charge in [-0.05, 0) is 36.2 Å². The van der Waals surface area contributed by atoms with Gasteiger partial charge >= 0.3 is 5.97 Å². The molecule has 0 heterocycles. The Morgan fingerprint density at radius 1 is 0.714 bits per heavy atom. The number of thiocarbonyl (C=S) groups is 1. The van der Waals surface area contributed by atoms with Crippen LogP contribution in [-0.2, 0) is 36.9 Å². The largest absolute Gasteiger partial charge is 0.466 e. The third-order valence-corrected chi connectivity index (χ3v) is 4.96. The maximum Gasteiger partial charge on any atom is 0.306 e. The molecule has 9 nitrogen and oxygen atoms in total. The van der Waals surface area contributed by atoms with E-state index in [1.807, 2.05) is 60.7 Å². The zero-order valence-corrected chi connectivity index (χ0v) is 20.2. The van der Waals surface area contributed by atoms with E-state index in [-0.39, 0.29) is 43.3 Å². The number of nitrogens with one attached hydrogen (secondary N) is 4. The highest BCUT2D eigenvalue weighted by atomic mass is 32.1. The first kappa shape index (κ1) is 27.5. The third kappa shape index (κ3) is 12.9. The molecule has 3 amide bonds. The zero-order chi connectivity index (χ0) is 25.3. The van der Waals surface area contributed by atoms with E-state index in [4.69, 9.17) is 17.0 Å². The quantitative estimate of drug-likeness (QED) is 0.153. The average molecular weight is 499 g/mol. The molecule has 0 aliphatic rings. The smallest absolute Gasteiger partial charge is 0.306 e. The highest BCUT2D eigenvalue weighted by Crippen LogP contribution is 2.03. The summed E-state index contributed by atoms with van der Waals surface area (Å²) in [7, 11) is 0. The molecule has 2 aromatic rings. The van der Waals surface area contributed by atoms with Crippen molar-refractivity contribution in [2.45, 2.75) is 45.1 Å². The standard InChI is InChI=1S/C25H30N4O5S/c30-21(26-18-20-10-5-2-6-11-20)13-14-23(32)28-29-25(35)27-22(31)15-16-24(33)34-17-7-12-19-8-3-1-4-9-19/h1-6,8-11H,7,12-18H2,(H,26,30)(H,28,32)(H2,27,29,31,35). The number of esters is 1. The zero-order valence-electron chi connectivity index (χ0n) is 19.4. The fourth-order valence-electron chi connectivity index (χ4n) is 2.92. The molecule has 4 N–H and O–H groups in total. The summed E-state index contributed by atoms with van der Waals surface area (Å²) in [6, 6.07) is 19.3. The number of hydrogen-bond acceptors (Lipinski definition) is 6. The molecule has 0 spiro atoms. The molecule has 0 bridgehead atoms. The van der Waals surface area contributed by atoms with Crippen LogP contribution in [0.25, 0.3) is 0 Å². The van der Waals surface area contributed by atoms with Gasteiger partial charge < -0.3 is 15.4 Å². The van der Waals surface area contributed by atoms with Crippen molar-refractivity contribution in [2.24, 2.45) is 0 Å². The molecule has 2 rings (SSSR count). The Labute approximate surface area is 210 Å². The number of rotatable bonds is 12. The summed E-state index contributed by atoms with van der Waals surface area (Å²) in [5.41, 5.74) is 6.84. The molecule has 0 fully saturated rings. The van der Waals surface area contributed by atoms with E-state index in [1.54, 1.807) is 0 Å². The molecular formula is C25H30N4O5S. The molecule has 0 unspecified atom stereocenters. The van der Waals surface area contributed by atoms with Crippen LogP contribution in [0.4, 0.5) is 0 Å². The molecular weight excluding hydrogens is 468 g/mol. The predicted molar refractivity (Wildman–Crippen MR) is 134 cm³/mol. The first-order chi connectivity index (χ1) is 16.9. The molecule has 0 aliphatic carbocycles. The van der Waals surface area contributed by atoms with E-state index in [9.17, 15) is 19.2 Å². The van der Waals surface area contributed by atoms with Gasteiger partial charge in [-0.2, -0.15) is 0 Å². The fourth-order valence-corrected chi connectivity index (χ4v) is 3.08. The van der Waals surface area contributed by atoms with Gasteiger partial charge in [-0.15, -0.1) is 0 Å².